The van der Waals surface area contributed by atoms with Crippen LogP contribution in [0.1, 0.15) is 12.5 Å². The van der Waals surface area contributed by atoms with E-state index in [1.165, 1.54) is 11.3 Å². The Morgan fingerprint density at radius 3 is 2.95 bits per heavy atom. The van der Waals surface area contributed by atoms with E-state index in [2.05, 4.69) is 4.98 Å². The standard InChI is InChI=1S/C16H20N2O3S/c1-12-4-3-5-14(10-12)21-8-7-18(11-13(2)15(19)20)16-17-6-9-22-16/h3-6,9-10,13H,7-8,11H2,1-2H3,(H,19,20). The summed E-state index contributed by atoms with van der Waals surface area (Å²) >= 11 is 1.50. The number of hydrogen-bond acceptors (Lipinski definition) is 5. The van der Waals surface area contributed by atoms with Crippen LogP contribution in [-0.2, 0) is 4.79 Å². The molecule has 1 atom stereocenters. The van der Waals surface area contributed by atoms with Crippen LogP contribution in [-0.4, -0.2) is 35.8 Å². The molecule has 6 heteroatoms. The number of anilines is 1. The molecule has 0 saturated heterocycles. The summed E-state index contributed by atoms with van der Waals surface area (Å²) in [5.74, 6) is -0.436. The molecule has 0 bridgehead atoms. The van der Waals surface area contributed by atoms with Crippen LogP contribution >= 0.6 is 11.3 Å². The zero-order valence-corrected chi connectivity index (χ0v) is 13.5. The van der Waals surface area contributed by atoms with Crippen LogP contribution in [0.2, 0.25) is 0 Å². The van der Waals surface area contributed by atoms with Gasteiger partial charge in [-0.3, -0.25) is 4.79 Å². The third-order valence-electron chi connectivity index (χ3n) is 3.23. The van der Waals surface area contributed by atoms with E-state index in [9.17, 15) is 4.79 Å². The highest BCUT2D eigenvalue weighted by atomic mass is 32.1. The minimum Gasteiger partial charge on any atom is -0.492 e. The van der Waals surface area contributed by atoms with Crippen LogP contribution in [0.25, 0.3) is 0 Å². The van der Waals surface area contributed by atoms with Crippen molar-refractivity contribution < 1.29 is 14.6 Å². The molecule has 118 valence electrons. The molecule has 0 saturated carbocycles. The smallest absolute Gasteiger partial charge is 0.308 e. The Labute approximate surface area is 134 Å². The zero-order valence-electron chi connectivity index (χ0n) is 12.7. The number of aliphatic carboxylic acids is 1. The van der Waals surface area contributed by atoms with E-state index in [0.717, 1.165) is 16.4 Å². The Morgan fingerprint density at radius 2 is 2.32 bits per heavy atom. The van der Waals surface area contributed by atoms with Crippen molar-refractivity contribution in [2.75, 3.05) is 24.6 Å². The molecule has 1 unspecified atom stereocenters. The van der Waals surface area contributed by atoms with Gasteiger partial charge in [0.25, 0.3) is 0 Å². The Balaban J connectivity index is 1.93. The maximum absolute atomic E-state index is 11.1. The first kappa shape index (κ1) is 16.3. The quantitative estimate of drug-likeness (QED) is 0.810. The van der Waals surface area contributed by atoms with Gasteiger partial charge in [-0.15, -0.1) is 11.3 Å². The first-order valence-corrected chi connectivity index (χ1v) is 8.01. The Hall–Kier alpha value is -2.08. The summed E-state index contributed by atoms with van der Waals surface area (Å²) in [6.07, 6.45) is 1.72. The fourth-order valence-electron chi connectivity index (χ4n) is 2.02. The van der Waals surface area contributed by atoms with E-state index >= 15 is 0 Å². The fraction of sp³-hybridized carbons (Fsp3) is 0.375. The molecule has 0 aliphatic heterocycles. The number of ether oxygens (including phenoxy) is 1. The van der Waals surface area contributed by atoms with Crippen LogP contribution in [0, 0.1) is 12.8 Å². The molecule has 0 aliphatic rings. The summed E-state index contributed by atoms with van der Waals surface area (Å²) in [4.78, 5) is 17.3. The normalized spacial score (nSPS) is 11.9. The maximum atomic E-state index is 11.1. The van der Waals surface area contributed by atoms with Crippen LogP contribution in [0.4, 0.5) is 5.13 Å². The van der Waals surface area contributed by atoms with Gasteiger partial charge in [0.15, 0.2) is 5.13 Å². The van der Waals surface area contributed by atoms with Crippen LogP contribution in [0.15, 0.2) is 35.8 Å². The van der Waals surface area contributed by atoms with Crippen molar-refractivity contribution in [3.63, 3.8) is 0 Å². The molecule has 2 aromatic rings. The second-order valence-electron chi connectivity index (χ2n) is 5.16. The first-order valence-electron chi connectivity index (χ1n) is 7.13. The second kappa shape index (κ2) is 7.79. The van der Waals surface area contributed by atoms with Crippen molar-refractivity contribution in [1.82, 2.24) is 4.98 Å². The number of aromatic nitrogens is 1. The van der Waals surface area contributed by atoms with E-state index in [1.807, 2.05) is 41.5 Å². The summed E-state index contributed by atoms with van der Waals surface area (Å²) in [5.41, 5.74) is 1.15. The summed E-state index contributed by atoms with van der Waals surface area (Å²) < 4.78 is 5.75. The predicted octanol–water partition coefficient (Wildman–Crippen LogP) is 3.06. The molecular formula is C16H20N2O3S. The van der Waals surface area contributed by atoms with E-state index in [4.69, 9.17) is 9.84 Å². The number of rotatable bonds is 8. The number of carbonyl (C=O) groups is 1. The van der Waals surface area contributed by atoms with Crippen molar-refractivity contribution >= 4 is 22.4 Å². The highest BCUT2D eigenvalue weighted by molar-refractivity contribution is 7.13. The maximum Gasteiger partial charge on any atom is 0.308 e. The van der Waals surface area contributed by atoms with Gasteiger partial charge in [0.2, 0.25) is 0 Å². The van der Waals surface area contributed by atoms with Crippen molar-refractivity contribution in [2.24, 2.45) is 5.92 Å². The number of thiazole rings is 1. The van der Waals surface area contributed by atoms with Gasteiger partial charge in [0.05, 0.1) is 12.5 Å². The highest BCUT2D eigenvalue weighted by Gasteiger charge is 2.18. The van der Waals surface area contributed by atoms with Gasteiger partial charge in [-0.05, 0) is 24.6 Å². The van der Waals surface area contributed by atoms with E-state index in [-0.39, 0.29) is 0 Å². The third-order valence-corrected chi connectivity index (χ3v) is 4.06. The lowest BCUT2D eigenvalue weighted by atomic mass is 10.2. The van der Waals surface area contributed by atoms with Crippen molar-refractivity contribution in [2.45, 2.75) is 13.8 Å². The lowest BCUT2D eigenvalue weighted by Gasteiger charge is -2.23. The van der Waals surface area contributed by atoms with Crippen molar-refractivity contribution in [1.29, 1.82) is 0 Å². The van der Waals surface area contributed by atoms with Gasteiger partial charge < -0.3 is 14.7 Å². The average Bonchev–Trinajstić information content (AvgIpc) is 3.00. The van der Waals surface area contributed by atoms with Gasteiger partial charge in [0.1, 0.15) is 12.4 Å². The fourth-order valence-corrected chi connectivity index (χ4v) is 2.70. The number of aryl methyl sites for hydroxylation is 1. The van der Waals surface area contributed by atoms with Crippen molar-refractivity contribution in [3.05, 3.63) is 41.4 Å². The average molecular weight is 320 g/mol. The minimum atomic E-state index is -0.804. The van der Waals surface area contributed by atoms with Gasteiger partial charge in [-0.1, -0.05) is 19.1 Å². The van der Waals surface area contributed by atoms with Crippen molar-refractivity contribution in [3.8, 4) is 5.75 Å². The molecule has 2 rings (SSSR count). The molecule has 0 aliphatic carbocycles. The summed E-state index contributed by atoms with van der Waals surface area (Å²) in [6, 6.07) is 7.87. The Kier molecular flexibility index (Phi) is 5.77. The molecule has 0 amide bonds. The lowest BCUT2D eigenvalue weighted by molar-refractivity contribution is -0.140. The topological polar surface area (TPSA) is 62.7 Å². The molecule has 0 radical (unpaired) electrons. The minimum absolute atomic E-state index is 0.417. The molecule has 22 heavy (non-hydrogen) atoms. The molecule has 1 heterocycles. The molecule has 1 aromatic carbocycles. The molecule has 0 spiro atoms. The molecule has 1 aromatic heterocycles. The molecule has 0 fully saturated rings. The van der Waals surface area contributed by atoms with E-state index < -0.39 is 11.9 Å². The molecule has 1 N–H and O–H groups in total. The predicted molar refractivity (Wildman–Crippen MR) is 87.8 cm³/mol. The second-order valence-corrected chi connectivity index (χ2v) is 6.04. The zero-order chi connectivity index (χ0) is 15.9. The number of hydrogen-bond donors (Lipinski definition) is 1. The largest absolute Gasteiger partial charge is 0.492 e. The number of carboxylic acids is 1. The Bertz CT molecular complexity index is 601. The summed E-state index contributed by atoms with van der Waals surface area (Å²) in [7, 11) is 0. The van der Waals surface area contributed by atoms with Gasteiger partial charge in [0, 0.05) is 18.1 Å². The lowest BCUT2D eigenvalue weighted by Crippen LogP contribution is -2.34. The van der Waals surface area contributed by atoms with E-state index in [1.54, 1.807) is 13.1 Å². The number of carboxylic acid groups (broad SMARTS) is 1. The summed E-state index contributed by atoms with van der Waals surface area (Å²) in [6.45, 7) is 5.21. The number of benzene rings is 1. The monoisotopic (exact) mass is 320 g/mol. The molecular weight excluding hydrogens is 300 g/mol. The number of nitrogens with zero attached hydrogens (tertiary/aromatic N) is 2. The molecule has 5 nitrogen and oxygen atoms in total. The summed E-state index contributed by atoms with van der Waals surface area (Å²) in [5, 5.41) is 11.8. The van der Waals surface area contributed by atoms with Crippen LogP contribution < -0.4 is 9.64 Å². The van der Waals surface area contributed by atoms with E-state index in [0.29, 0.717) is 19.7 Å². The van der Waals surface area contributed by atoms with Crippen LogP contribution in [0.3, 0.4) is 0 Å². The van der Waals surface area contributed by atoms with Gasteiger partial charge in [-0.2, -0.15) is 0 Å². The SMILES string of the molecule is Cc1cccc(OCCN(CC(C)C(=O)O)c2nccs2)c1. The van der Waals surface area contributed by atoms with Crippen LogP contribution in [0.5, 0.6) is 5.75 Å². The van der Waals surface area contributed by atoms with Gasteiger partial charge >= 0.3 is 5.97 Å². The van der Waals surface area contributed by atoms with Gasteiger partial charge in [-0.25, -0.2) is 4.98 Å². The Morgan fingerprint density at radius 1 is 1.50 bits per heavy atom. The highest BCUT2D eigenvalue weighted by Crippen LogP contribution is 2.19. The first-order chi connectivity index (χ1) is 10.6. The third kappa shape index (κ3) is 4.73.